The van der Waals surface area contributed by atoms with E-state index in [1.807, 2.05) is 0 Å². The number of halogens is 2. The summed E-state index contributed by atoms with van der Waals surface area (Å²) >= 11 is 6.15. The lowest BCUT2D eigenvalue weighted by Crippen LogP contribution is -2.56. The number of hydrogen-bond acceptors (Lipinski definition) is 1. The average Bonchev–Trinajstić information content (AvgIpc) is 2.28. The van der Waals surface area contributed by atoms with Crippen LogP contribution in [0.15, 0.2) is 18.2 Å². The summed E-state index contributed by atoms with van der Waals surface area (Å²) in [6.07, 6.45) is 5.12. The summed E-state index contributed by atoms with van der Waals surface area (Å²) in [5.74, 6) is -0.244. The Morgan fingerprint density at radius 3 is 2.61 bits per heavy atom. The van der Waals surface area contributed by atoms with Crippen LogP contribution in [0, 0.1) is 11.2 Å². The van der Waals surface area contributed by atoms with E-state index in [4.69, 9.17) is 17.3 Å². The maximum Gasteiger partial charge on any atom is 0.123 e. The van der Waals surface area contributed by atoms with Crippen LogP contribution in [-0.4, -0.2) is 5.54 Å². The molecule has 1 saturated carbocycles. The minimum absolute atomic E-state index is 0.0703. The fourth-order valence-corrected chi connectivity index (χ4v) is 3.13. The third-order valence-corrected chi connectivity index (χ3v) is 4.90. The third-order valence-electron chi connectivity index (χ3n) is 4.54. The quantitative estimate of drug-likeness (QED) is 0.850. The SMILES string of the molecule is CC1(C)CCCCC1(N)Cc1cc(F)ccc1Cl. The van der Waals surface area contributed by atoms with E-state index < -0.39 is 0 Å². The summed E-state index contributed by atoms with van der Waals surface area (Å²) in [6, 6.07) is 4.52. The highest BCUT2D eigenvalue weighted by atomic mass is 35.5. The van der Waals surface area contributed by atoms with Crippen LogP contribution in [0.3, 0.4) is 0 Å². The Bertz CT molecular complexity index is 444. The van der Waals surface area contributed by atoms with Crippen molar-refractivity contribution in [3.63, 3.8) is 0 Å². The molecule has 1 aliphatic carbocycles. The van der Waals surface area contributed by atoms with E-state index in [9.17, 15) is 4.39 Å². The summed E-state index contributed by atoms with van der Waals surface area (Å²) in [4.78, 5) is 0. The predicted molar refractivity (Wildman–Crippen MR) is 74.3 cm³/mol. The van der Waals surface area contributed by atoms with Gasteiger partial charge in [-0.2, -0.15) is 0 Å². The molecule has 3 heteroatoms. The van der Waals surface area contributed by atoms with Gasteiger partial charge in [0.25, 0.3) is 0 Å². The van der Waals surface area contributed by atoms with Crippen LogP contribution in [0.1, 0.15) is 45.1 Å². The minimum Gasteiger partial charge on any atom is -0.324 e. The number of hydrogen-bond donors (Lipinski definition) is 1. The first-order chi connectivity index (χ1) is 8.34. The van der Waals surface area contributed by atoms with Crippen LogP contribution in [-0.2, 0) is 6.42 Å². The van der Waals surface area contributed by atoms with Gasteiger partial charge in [-0.25, -0.2) is 4.39 Å². The minimum atomic E-state index is -0.289. The van der Waals surface area contributed by atoms with Gasteiger partial charge in [0.05, 0.1) is 0 Å². The largest absolute Gasteiger partial charge is 0.324 e. The van der Waals surface area contributed by atoms with Gasteiger partial charge in [0.15, 0.2) is 0 Å². The van der Waals surface area contributed by atoms with Crippen LogP contribution in [0.4, 0.5) is 4.39 Å². The van der Waals surface area contributed by atoms with Gasteiger partial charge in [0, 0.05) is 10.6 Å². The number of rotatable bonds is 2. The molecule has 18 heavy (non-hydrogen) atoms. The van der Waals surface area contributed by atoms with Crippen molar-refractivity contribution in [3.8, 4) is 0 Å². The Hall–Kier alpha value is -0.600. The summed E-state index contributed by atoms with van der Waals surface area (Å²) in [5, 5.41) is 0.614. The molecule has 2 rings (SSSR count). The second kappa shape index (κ2) is 4.82. The molecular formula is C15H21ClFN. The Balaban J connectivity index is 2.28. The summed E-state index contributed by atoms with van der Waals surface area (Å²) in [5.41, 5.74) is 7.22. The smallest absolute Gasteiger partial charge is 0.123 e. The zero-order chi connectivity index (χ0) is 13.4. The zero-order valence-electron chi connectivity index (χ0n) is 11.1. The van der Waals surface area contributed by atoms with Crippen molar-refractivity contribution in [2.75, 3.05) is 0 Å². The van der Waals surface area contributed by atoms with Crippen molar-refractivity contribution in [2.45, 2.75) is 51.5 Å². The molecule has 0 aliphatic heterocycles. The van der Waals surface area contributed by atoms with Gasteiger partial charge in [0.2, 0.25) is 0 Å². The molecule has 1 unspecified atom stereocenters. The topological polar surface area (TPSA) is 26.0 Å². The summed E-state index contributed by atoms with van der Waals surface area (Å²) in [6.45, 7) is 4.42. The first kappa shape index (κ1) is 13.8. The van der Waals surface area contributed by atoms with Crippen molar-refractivity contribution in [2.24, 2.45) is 11.1 Å². The second-order valence-corrected chi connectivity index (χ2v) is 6.57. The standard InChI is InChI=1S/C15H21ClFN/c1-14(2)7-3-4-8-15(14,18)10-11-9-12(17)5-6-13(11)16/h5-6,9H,3-4,7-8,10,18H2,1-2H3. The van der Waals surface area contributed by atoms with Crippen molar-refractivity contribution in [1.82, 2.24) is 0 Å². The van der Waals surface area contributed by atoms with E-state index >= 15 is 0 Å². The maximum atomic E-state index is 13.3. The first-order valence-electron chi connectivity index (χ1n) is 6.57. The molecule has 2 N–H and O–H groups in total. The molecule has 0 aromatic heterocycles. The van der Waals surface area contributed by atoms with Crippen molar-refractivity contribution < 1.29 is 4.39 Å². The Morgan fingerprint density at radius 2 is 1.94 bits per heavy atom. The van der Waals surface area contributed by atoms with Crippen LogP contribution in [0.5, 0.6) is 0 Å². The Morgan fingerprint density at radius 1 is 1.28 bits per heavy atom. The van der Waals surface area contributed by atoms with Crippen LogP contribution in [0.2, 0.25) is 5.02 Å². The lowest BCUT2D eigenvalue weighted by Gasteiger charge is -2.48. The van der Waals surface area contributed by atoms with Gasteiger partial charge in [-0.15, -0.1) is 0 Å². The zero-order valence-corrected chi connectivity index (χ0v) is 11.9. The van der Waals surface area contributed by atoms with Gasteiger partial charge >= 0.3 is 0 Å². The molecule has 1 atom stereocenters. The molecule has 1 nitrogen and oxygen atoms in total. The molecule has 0 amide bonds. The summed E-state index contributed by atoms with van der Waals surface area (Å²) in [7, 11) is 0. The van der Waals surface area contributed by atoms with E-state index in [0.29, 0.717) is 11.4 Å². The first-order valence-corrected chi connectivity index (χ1v) is 6.95. The number of benzene rings is 1. The van der Waals surface area contributed by atoms with E-state index in [2.05, 4.69) is 13.8 Å². The molecule has 1 aliphatic rings. The van der Waals surface area contributed by atoms with E-state index in [1.54, 1.807) is 6.07 Å². The predicted octanol–water partition coefficient (Wildman–Crippen LogP) is 4.32. The molecule has 100 valence electrons. The van der Waals surface area contributed by atoms with Crippen molar-refractivity contribution in [3.05, 3.63) is 34.6 Å². The summed E-state index contributed by atoms with van der Waals surface area (Å²) < 4.78 is 13.3. The van der Waals surface area contributed by atoms with E-state index in [1.165, 1.54) is 18.6 Å². The second-order valence-electron chi connectivity index (χ2n) is 6.16. The third kappa shape index (κ3) is 2.55. The molecule has 1 fully saturated rings. The monoisotopic (exact) mass is 269 g/mol. The molecular weight excluding hydrogens is 249 g/mol. The van der Waals surface area contributed by atoms with Crippen molar-refractivity contribution >= 4 is 11.6 Å². The normalized spacial score (nSPS) is 27.2. The Labute approximate surface area is 114 Å². The molecule has 0 saturated heterocycles. The highest BCUT2D eigenvalue weighted by Gasteiger charge is 2.43. The number of nitrogens with two attached hydrogens (primary N) is 1. The van der Waals surface area contributed by atoms with Gasteiger partial charge in [-0.1, -0.05) is 38.3 Å². The van der Waals surface area contributed by atoms with Gasteiger partial charge in [-0.05, 0) is 48.4 Å². The lowest BCUT2D eigenvalue weighted by atomic mass is 9.61. The molecule has 0 bridgehead atoms. The van der Waals surface area contributed by atoms with Gasteiger partial charge < -0.3 is 5.73 Å². The lowest BCUT2D eigenvalue weighted by molar-refractivity contribution is 0.0990. The van der Waals surface area contributed by atoms with Crippen molar-refractivity contribution in [1.29, 1.82) is 0 Å². The Kier molecular flexibility index (Phi) is 3.70. The molecule has 0 heterocycles. The molecule has 1 aromatic carbocycles. The maximum absolute atomic E-state index is 13.3. The van der Waals surface area contributed by atoms with E-state index in [0.717, 1.165) is 24.8 Å². The highest BCUT2D eigenvalue weighted by molar-refractivity contribution is 6.31. The van der Waals surface area contributed by atoms with Gasteiger partial charge in [-0.3, -0.25) is 0 Å². The molecule has 1 aromatic rings. The molecule has 0 radical (unpaired) electrons. The van der Waals surface area contributed by atoms with Crippen LogP contribution >= 0.6 is 11.6 Å². The highest BCUT2D eigenvalue weighted by Crippen LogP contribution is 2.44. The van der Waals surface area contributed by atoms with Crippen LogP contribution in [0.25, 0.3) is 0 Å². The fourth-order valence-electron chi connectivity index (χ4n) is 2.94. The average molecular weight is 270 g/mol. The van der Waals surface area contributed by atoms with E-state index in [-0.39, 0.29) is 16.8 Å². The fraction of sp³-hybridized carbons (Fsp3) is 0.600. The van der Waals surface area contributed by atoms with Crippen LogP contribution < -0.4 is 5.73 Å². The van der Waals surface area contributed by atoms with Gasteiger partial charge in [0.1, 0.15) is 5.82 Å². The molecule has 0 spiro atoms.